The highest BCUT2D eigenvalue weighted by molar-refractivity contribution is 5.81. The van der Waals surface area contributed by atoms with Crippen molar-refractivity contribution in [3.63, 3.8) is 0 Å². The number of anilines is 1. The van der Waals surface area contributed by atoms with Crippen LogP contribution >= 0.6 is 0 Å². The van der Waals surface area contributed by atoms with Gasteiger partial charge in [0.2, 0.25) is 0 Å². The molecule has 0 fully saturated rings. The molecule has 34 heavy (non-hydrogen) atoms. The van der Waals surface area contributed by atoms with Crippen LogP contribution in [0.3, 0.4) is 0 Å². The summed E-state index contributed by atoms with van der Waals surface area (Å²) in [6, 6.07) is 28.1. The van der Waals surface area contributed by atoms with E-state index in [0.717, 1.165) is 22.4 Å². The first kappa shape index (κ1) is 22.7. The van der Waals surface area contributed by atoms with E-state index in [2.05, 4.69) is 20.4 Å². The molecule has 7 heteroatoms. The van der Waals surface area contributed by atoms with Crippen LogP contribution in [0, 0.1) is 0 Å². The van der Waals surface area contributed by atoms with Crippen LogP contribution in [0.4, 0.5) is 5.82 Å². The minimum absolute atomic E-state index is 0.356. The molecule has 0 saturated heterocycles. The summed E-state index contributed by atoms with van der Waals surface area (Å²) in [6.07, 6.45) is 3.60. The van der Waals surface area contributed by atoms with Gasteiger partial charge in [0.25, 0.3) is 0 Å². The molecule has 7 nitrogen and oxygen atoms in total. The number of carbonyl (C=O) groups is 1. The van der Waals surface area contributed by atoms with Gasteiger partial charge in [-0.1, -0.05) is 78.0 Å². The monoisotopic (exact) mass is 452 g/mol. The summed E-state index contributed by atoms with van der Waals surface area (Å²) < 4.78 is 4.98. The van der Waals surface area contributed by atoms with Crippen molar-refractivity contribution in [3.05, 3.63) is 108 Å². The Morgan fingerprint density at radius 3 is 2.38 bits per heavy atom. The second-order valence-electron chi connectivity index (χ2n) is 7.46. The topological polar surface area (TPSA) is 85.7 Å². The quantitative estimate of drug-likeness (QED) is 0.224. The third-order valence-corrected chi connectivity index (χ3v) is 5.07. The molecule has 3 aromatic carbocycles. The van der Waals surface area contributed by atoms with Crippen molar-refractivity contribution in [1.82, 2.24) is 9.97 Å². The summed E-state index contributed by atoms with van der Waals surface area (Å²) >= 11 is 0. The van der Waals surface area contributed by atoms with Crippen LogP contribution in [0.2, 0.25) is 0 Å². The van der Waals surface area contributed by atoms with Crippen LogP contribution in [0.15, 0.2) is 102 Å². The molecule has 1 aromatic heterocycles. The van der Waals surface area contributed by atoms with E-state index in [1.54, 1.807) is 6.21 Å². The van der Waals surface area contributed by atoms with Gasteiger partial charge in [-0.05, 0) is 23.3 Å². The molecule has 1 atom stereocenters. The molecular weight excluding hydrogens is 428 g/mol. The molecule has 170 valence electrons. The molecule has 1 N–H and O–H groups in total. The van der Waals surface area contributed by atoms with Crippen LogP contribution in [0.1, 0.15) is 11.1 Å². The number of hydrogen-bond acceptors (Lipinski definition) is 7. The number of ether oxygens (including phenoxy) is 1. The summed E-state index contributed by atoms with van der Waals surface area (Å²) in [4.78, 5) is 26.3. The molecule has 0 aliphatic carbocycles. The number of rotatable bonds is 9. The summed E-state index contributed by atoms with van der Waals surface area (Å²) in [5.41, 5.74) is 3.54. The standard InChI is InChI=1S/C27H24N4O3/c1-33-27(32)25(16-20-8-4-2-5-9-20)31-26-17-24(28-19-29-26)22-14-12-21(13-15-22)18-30-34-23-10-6-3-7-11-23/h2-15,17-19,25H,16H2,1H3,(H,28,29,31)/b30-18+. The van der Waals surface area contributed by atoms with Gasteiger partial charge >= 0.3 is 5.97 Å². The predicted octanol–water partition coefficient (Wildman–Crippen LogP) is 4.75. The van der Waals surface area contributed by atoms with Crippen molar-refractivity contribution in [2.24, 2.45) is 5.16 Å². The van der Waals surface area contributed by atoms with E-state index in [0.29, 0.717) is 18.0 Å². The minimum Gasteiger partial charge on any atom is -0.467 e. The Hall–Kier alpha value is -4.52. The van der Waals surface area contributed by atoms with Crippen molar-refractivity contribution in [2.45, 2.75) is 12.5 Å². The van der Waals surface area contributed by atoms with E-state index in [1.807, 2.05) is 91.0 Å². The van der Waals surface area contributed by atoms with Gasteiger partial charge in [-0.15, -0.1) is 0 Å². The first-order valence-corrected chi connectivity index (χ1v) is 10.8. The number of methoxy groups -OCH3 is 1. The fourth-order valence-corrected chi connectivity index (χ4v) is 3.33. The average molecular weight is 453 g/mol. The smallest absolute Gasteiger partial charge is 0.328 e. The van der Waals surface area contributed by atoms with Crippen LogP contribution in [-0.2, 0) is 16.0 Å². The van der Waals surface area contributed by atoms with Crippen molar-refractivity contribution in [1.29, 1.82) is 0 Å². The number of nitrogens with zero attached hydrogens (tertiary/aromatic N) is 3. The van der Waals surface area contributed by atoms with Crippen LogP contribution in [-0.4, -0.2) is 35.3 Å². The molecule has 0 spiro atoms. The predicted molar refractivity (Wildman–Crippen MR) is 132 cm³/mol. The van der Waals surface area contributed by atoms with Crippen LogP contribution in [0.5, 0.6) is 5.75 Å². The van der Waals surface area contributed by atoms with E-state index >= 15 is 0 Å². The van der Waals surface area contributed by atoms with E-state index < -0.39 is 6.04 Å². The zero-order valence-electron chi connectivity index (χ0n) is 18.7. The fourth-order valence-electron chi connectivity index (χ4n) is 3.33. The molecule has 1 heterocycles. The van der Waals surface area contributed by atoms with Gasteiger partial charge in [0.1, 0.15) is 18.2 Å². The molecular formula is C27H24N4O3. The van der Waals surface area contributed by atoms with Gasteiger partial charge in [-0.25, -0.2) is 14.8 Å². The van der Waals surface area contributed by atoms with Crippen LogP contribution < -0.4 is 10.2 Å². The molecule has 0 amide bonds. The summed E-state index contributed by atoms with van der Waals surface area (Å²) in [7, 11) is 1.38. The van der Waals surface area contributed by atoms with Gasteiger partial charge in [0, 0.05) is 18.1 Å². The normalized spacial score (nSPS) is 11.7. The molecule has 1 unspecified atom stereocenters. The van der Waals surface area contributed by atoms with Gasteiger partial charge in [-0.2, -0.15) is 0 Å². The SMILES string of the molecule is COC(=O)C(Cc1ccccc1)Nc1cc(-c2ccc(/C=N/Oc3ccccc3)cc2)ncn1. The molecule has 4 aromatic rings. The number of hydrogen-bond donors (Lipinski definition) is 1. The summed E-state index contributed by atoms with van der Waals surface area (Å²) in [6.45, 7) is 0. The van der Waals surface area contributed by atoms with E-state index in [1.165, 1.54) is 13.4 Å². The number of para-hydroxylation sites is 1. The molecule has 4 rings (SSSR count). The second-order valence-corrected chi connectivity index (χ2v) is 7.46. The van der Waals surface area contributed by atoms with E-state index in [-0.39, 0.29) is 5.97 Å². The molecule has 0 aliphatic rings. The first-order chi connectivity index (χ1) is 16.7. The minimum atomic E-state index is -0.571. The Balaban J connectivity index is 1.44. The third-order valence-electron chi connectivity index (χ3n) is 5.07. The fraction of sp³-hybridized carbons (Fsp3) is 0.111. The second kappa shape index (κ2) is 11.4. The molecule has 0 aliphatic heterocycles. The van der Waals surface area contributed by atoms with E-state index in [9.17, 15) is 4.79 Å². The first-order valence-electron chi connectivity index (χ1n) is 10.8. The maximum Gasteiger partial charge on any atom is 0.328 e. The summed E-state index contributed by atoms with van der Waals surface area (Å²) in [5, 5.41) is 7.20. The molecule has 0 saturated carbocycles. The third kappa shape index (κ3) is 6.26. The Morgan fingerprint density at radius 1 is 0.971 bits per heavy atom. The number of esters is 1. The van der Waals surface area contributed by atoms with Gasteiger partial charge in [0.15, 0.2) is 5.75 Å². The molecule has 0 radical (unpaired) electrons. The van der Waals surface area contributed by atoms with Gasteiger partial charge < -0.3 is 14.9 Å². The van der Waals surface area contributed by atoms with Crippen molar-refractivity contribution in [3.8, 4) is 17.0 Å². The average Bonchev–Trinajstić information content (AvgIpc) is 2.90. The summed E-state index contributed by atoms with van der Waals surface area (Å²) in [5.74, 6) is 0.859. The number of aromatic nitrogens is 2. The van der Waals surface area contributed by atoms with Crippen LogP contribution in [0.25, 0.3) is 11.3 Å². The largest absolute Gasteiger partial charge is 0.467 e. The zero-order valence-corrected chi connectivity index (χ0v) is 18.7. The highest BCUT2D eigenvalue weighted by Gasteiger charge is 2.20. The highest BCUT2D eigenvalue weighted by Crippen LogP contribution is 2.20. The van der Waals surface area contributed by atoms with Crippen molar-refractivity contribution < 1.29 is 14.4 Å². The lowest BCUT2D eigenvalue weighted by molar-refractivity contribution is -0.141. The number of nitrogens with one attached hydrogen (secondary N) is 1. The highest BCUT2D eigenvalue weighted by atomic mass is 16.6. The Labute approximate surface area is 198 Å². The number of benzene rings is 3. The zero-order chi connectivity index (χ0) is 23.6. The lowest BCUT2D eigenvalue weighted by Gasteiger charge is -2.17. The maximum absolute atomic E-state index is 12.3. The number of carbonyl (C=O) groups excluding carboxylic acids is 1. The van der Waals surface area contributed by atoms with Crippen molar-refractivity contribution >= 4 is 18.0 Å². The van der Waals surface area contributed by atoms with E-state index in [4.69, 9.17) is 9.57 Å². The Bertz CT molecular complexity index is 1230. The lowest BCUT2D eigenvalue weighted by atomic mass is 10.1. The van der Waals surface area contributed by atoms with Gasteiger partial charge in [-0.3, -0.25) is 0 Å². The molecule has 0 bridgehead atoms. The van der Waals surface area contributed by atoms with Gasteiger partial charge in [0.05, 0.1) is 19.0 Å². The number of oxime groups is 1. The lowest BCUT2D eigenvalue weighted by Crippen LogP contribution is -2.33. The maximum atomic E-state index is 12.3. The Morgan fingerprint density at radius 2 is 1.68 bits per heavy atom. The Kier molecular flexibility index (Phi) is 7.58. The van der Waals surface area contributed by atoms with Crippen molar-refractivity contribution in [2.75, 3.05) is 12.4 Å².